The van der Waals surface area contributed by atoms with Crippen LogP contribution in [-0.2, 0) is 6.54 Å². The molecule has 0 radical (unpaired) electrons. The van der Waals surface area contributed by atoms with Crippen molar-refractivity contribution in [1.29, 1.82) is 0 Å². The third-order valence-electron chi connectivity index (χ3n) is 4.58. The van der Waals surface area contributed by atoms with Crippen LogP contribution in [0.25, 0.3) is 10.9 Å². The second-order valence-electron chi connectivity index (χ2n) is 6.87. The molecule has 0 bridgehead atoms. The Kier molecular flexibility index (Phi) is 6.56. The molecule has 8 heteroatoms. The largest absolute Gasteiger partial charge is 0.390 e. The van der Waals surface area contributed by atoms with Crippen LogP contribution in [0.1, 0.15) is 11.3 Å². The Hall–Kier alpha value is -2.26. The molecule has 0 aliphatic carbocycles. The van der Waals surface area contributed by atoms with Crippen molar-refractivity contribution in [3.8, 4) is 0 Å². The minimum atomic E-state index is -0.439. The van der Waals surface area contributed by atoms with Gasteiger partial charge in [-0.25, -0.2) is 0 Å². The highest BCUT2D eigenvalue weighted by Crippen LogP contribution is 2.29. The van der Waals surface area contributed by atoms with Crippen molar-refractivity contribution in [2.75, 3.05) is 17.6 Å². The highest BCUT2D eigenvalue weighted by Gasteiger charge is 2.17. The first-order chi connectivity index (χ1) is 14.2. The first-order valence-corrected chi connectivity index (χ1v) is 11.2. The average Bonchev–Trinajstić information content (AvgIpc) is 3.36. The summed E-state index contributed by atoms with van der Waals surface area (Å²) >= 11 is 3.14. The number of aliphatic hydroxyl groups excluding tert-OH is 1. The zero-order valence-corrected chi connectivity index (χ0v) is 17.8. The molecular weight excluding hydrogens is 402 g/mol. The predicted molar refractivity (Wildman–Crippen MR) is 124 cm³/mol. The van der Waals surface area contributed by atoms with E-state index in [4.69, 9.17) is 0 Å². The van der Waals surface area contributed by atoms with E-state index in [-0.39, 0.29) is 0 Å². The molecule has 6 nitrogen and oxygen atoms in total. The molecule has 0 spiro atoms. The Labute approximate surface area is 179 Å². The Morgan fingerprint density at radius 1 is 1.14 bits per heavy atom. The number of hydrogen-bond donors (Lipinski definition) is 5. The van der Waals surface area contributed by atoms with Crippen LogP contribution in [0.15, 0.2) is 65.8 Å². The lowest BCUT2D eigenvalue weighted by molar-refractivity contribution is 0.212. The van der Waals surface area contributed by atoms with Crippen molar-refractivity contribution in [1.82, 2.24) is 19.5 Å². The normalized spacial score (nSPS) is 15.2. The standard InChI is InChI=1S/C21H25N5OS2/c1-15-6-2-4-8-19(15)22-12-18(27)14-28-26-24-13-21(29-26)23-11-17-10-16-7-3-5-9-20(16)25-17/h2-10,13,18,22-25,27H,11-12,14H2,1H3. The highest BCUT2D eigenvalue weighted by molar-refractivity contribution is 8.13. The number of nitrogens with one attached hydrogen (secondary N) is 4. The summed E-state index contributed by atoms with van der Waals surface area (Å²) in [5, 5.41) is 19.3. The number of aromatic amines is 1. The molecule has 2 heterocycles. The number of H-pyrrole nitrogens is 1. The van der Waals surface area contributed by atoms with Crippen LogP contribution in [-0.4, -0.2) is 32.3 Å². The Morgan fingerprint density at radius 2 is 1.97 bits per heavy atom. The smallest absolute Gasteiger partial charge is 0.104 e. The van der Waals surface area contributed by atoms with E-state index in [1.54, 1.807) is 23.9 Å². The van der Waals surface area contributed by atoms with E-state index in [9.17, 15) is 5.11 Å². The van der Waals surface area contributed by atoms with Gasteiger partial charge in [-0.15, -0.1) is 3.82 Å². The fourth-order valence-corrected chi connectivity index (χ4v) is 4.74. The SMILES string of the molecule is Cc1ccccc1NCC(O)CSN1NC=C(NCc2cc3ccccc3[nH]2)S1. The lowest BCUT2D eigenvalue weighted by Gasteiger charge is -2.17. The summed E-state index contributed by atoms with van der Waals surface area (Å²) < 4.78 is 1.95. The summed E-state index contributed by atoms with van der Waals surface area (Å²) in [7, 11) is 0. The summed E-state index contributed by atoms with van der Waals surface area (Å²) in [5.41, 5.74) is 7.75. The second-order valence-corrected chi connectivity index (χ2v) is 9.04. The van der Waals surface area contributed by atoms with E-state index in [2.05, 4.69) is 52.2 Å². The molecule has 0 amide bonds. The van der Waals surface area contributed by atoms with Crippen LogP contribution in [0.3, 0.4) is 0 Å². The number of rotatable bonds is 9. The summed E-state index contributed by atoms with van der Waals surface area (Å²) in [6.45, 7) is 3.32. The summed E-state index contributed by atoms with van der Waals surface area (Å²) in [5.74, 6) is 0.599. The molecule has 1 aliphatic heterocycles. The number of hydrazine groups is 1. The number of para-hydroxylation sites is 2. The molecule has 3 aromatic rings. The Balaban J connectivity index is 1.16. The third-order valence-corrected chi connectivity index (χ3v) is 6.72. The van der Waals surface area contributed by atoms with Gasteiger partial charge in [0.1, 0.15) is 5.03 Å². The Morgan fingerprint density at radius 3 is 2.83 bits per heavy atom. The van der Waals surface area contributed by atoms with Gasteiger partial charge in [0.2, 0.25) is 0 Å². The van der Waals surface area contributed by atoms with Gasteiger partial charge in [0.05, 0.1) is 12.6 Å². The van der Waals surface area contributed by atoms with Gasteiger partial charge in [0.15, 0.2) is 0 Å². The molecule has 1 aliphatic rings. The van der Waals surface area contributed by atoms with Gasteiger partial charge in [0, 0.05) is 47.3 Å². The fourth-order valence-electron chi connectivity index (χ4n) is 3.02. The molecule has 152 valence electrons. The van der Waals surface area contributed by atoms with Crippen LogP contribution in [0.2, 0.25) is 0 Å². The Bertz CT molecular complexity index is 957. The molecule has 4 rings (SSSR count). The molecule has 5 N–H and O–H groups in total. The lowest BCUT2D eigenvalue weighted by Crippen LogP contribution is -2.25. The van der Waals surface area contributed by atoms with Gasteiger partial charge in [-0.2, -0.15) is 0 Å². The van der Waals surface area contributed by atoms with E-state index >= 15 is 0 Å². The van der Waals surface area contributed by atoms with Gasteiger partial charge < -0.3 is 26.1 Å². The molecule has 0 saturated carbocycles. The first-order valence-electron chi connectivity index (χ1n) is 9.53. The topological polar surface area (TPSA) is 75.3 Å². The van der Waals surface area contributed by atoms with Crippen molar-refractivity contribution < 1.29 is 5.11 Å². The molecule has 29 heavy (non-hydrogen) atoms. The van der Waals surface area contributed by atoms with Crippen LogP contribution in [0.5, 0.6) is 0 Å². The monoisotopic (exact) mass is 427 g/mol. The van der Waals surface area contributed by atoms with E-state index in [1.807, 2.05) is 40.4 Å². The van der Waals surface area contributed by atoms with Gasteiger partial charge in [-0.1, -0.05) is 36.4 Å². The van der Waals surface area contributed by atoms with Crippen molar-refractivity contribution in [3.05, 3.63) is 77.1 Å². The molecular formula is C21H25N5OS2. The molecule has 0 saturated heterocycles. The quantitative estimate of drug-likeness (QED) is 0.331. The number of hydrogen-bond acceptors (Lipinski definition) is 7. The minimum Gasteiger partial charge on any atom is -0.390 e. The van der Waals surface area contributed by atoms with Crippen molar-refractivity contribution in [3.63, 3.8) is 0 Å². The number of aromatic nitrogens is 1. The van der Waals surface area contributed by atoms with Gasteiger partial charge in [0.25, 0.3) is 0 Å². The molecule has 2 aromatic carbocycles. The van der Waals surface area contributed by atoms with E-state index in [0.29, 0.717) is 12.3 Å². The molecule has 0 fully saturated rings. The first kappa shape index (κ1) is 20.0. The summed E-state index contributed by atoms with van der Waals surface area (Å²) in [6, 6.07) is 18.5. The number of nitrogens with zero attached hydrogens (tertiary/aromatic N) is 1. The van der Waals surface area contributed by atoms with Crippen LogP contribution >= 0.6 is 23.9 Å². The number of aryl methyl sites for hydroxylation is 1. The van der Waals surface area contributed by atoms with E-state index in [0.717, 1.165) is 28.5 Å². The number of aliphatic hydroxyl groups is 1. The van der Waals surface area contributed by atoms with Gasteiger partial charge in [-0.3, -0.25) is 0 Å². The average molecular weight is 428 g/mol. The number of anilines is 1. The molecule has 1 unspecified atom stereocenters. The maximum Gasteiger partial charge on any atom is 0.104 e. The van der Waals surface area contributed by atoms with Crippen molar-refractivity contribution in [2.45, 2.75) is 19.6 Å². The lowest BCUT2D eigenvalue weighted by atomic mass is 10.2. The minimum absolute atomic E-state index is 0.439. The van der Waals surface area contributed by atoms with Gasteiger partial charge in [-0.05, 0) is 48.0 Å². The van der Waals surface area contributed by atoms with E-state index < -0.39 is 6.10 Å². The third kappa shape index (κ3) is 5.42. The maximum absolute atomic E-state index is 10.3. The fraction of sp³-hybridized carbons (Fsp3) is 0.238. The van der Waals surface area contributed by atoms with Crippen LogP contribution in [0.4, 0.5) is 5.69 Å². The molecule has 1 aromatic heterocycles. The van der Waals surface area contributed by atoms with Crippen LogP contribution in [0, 0.1) is 6.92 Å². The van der Waals surface area contributed by atoms with E-state index in [1.165, 1.54) is 10.9 Å². The molecule has 1 atom stereocenters. The highest BCUT2D eigenvalue weighted by atomic mass is 32.2. The second kappa shape index (κ2) is 9.49. The zero-order chi connectivity index (χ0) is 20.1. The number of benzene rings is 2. The summed E-state index contributed by atoms with van der Waals surface area (Å²) in [6.07, 6.45) is 1.50. The maximum atomic E-state index is 10.3. The predicted octanol–water partition coefficient (Wildman–Crippen LogP) is 3.95. The van der Waals surface area contributed by atoms with Crippen molar-refractivity contribution in [2.24, 2.45) is 0 Å². The zero-order valence-electron chi connectivity index (χ0n) is 16.2. The summed E-state index contributed by atoms with van der Waals surface area (Å²) in [4.78, 5) is 3.42. The number of fused-ring (bicyclic) bond motifs is 1. The van der Waals surface area contributed by atoms with Gasteiger partial charge >= 0.3 is 0 Å². The van der Waals surface area contributed by atoms with Crippen molar-refractivity contribution >= 4 is 40.5 Å². The van der Waals surface area contributed by atoms with Crippen LogP contribution < -0.4 is 16.1 Å².